The van der Waals surface area contributed by atoms with Gasteiger partial charge in [-0.1, -0.05) is 65.7 Å². The number of benzene rings is 4. The van der Waals surface area contributed by atoms with Crippen molar-refractivity contribution in [3.63, 3.8) is 0 Å². The Labute approximate surface area is 204 Å². The maximum Gasteiger partial charge on any atom is 0.128 e. The fourth-order valence-corrected chi connectivity index (χ4v) is 8.91. The molecule has 6 heteroatoms. The van der Waals surface area contributed by atoms with E-state index in [2.05, 4.69) is 107 Å². The van der Waals surface area contributed by atoms with Crippen LogP contribution in [0.3, 0.4) is 0 Å². The molecule has 2 heterocycles. The number of fused-ring (bicyclic) bond motifs is 2. The monoisotopic (exact) mass is 484 g/mol. The van der Waals surface area contributed by atoms with Crippen molar-refractivity contribution in [2.75, 3.05) is 24.0 Å². The zero-order chi connectivity index (χ0) is 23.1. The van der Waals surface area contributed by atoms with Gasteiger partial charge >= 0.3 is 0 Å². The van der Waals surface area contributed by atoms with Gasteiger partial charge in [-0.25, -0.2) is 0 Å². The third-order valence-electron chi connectivity index (χ3n) is 6.48. The van der Waals surface area contributed by atoms with Crippen LogP contribution in [0.1, 0.15) is 0 Å². The Bertz CT molecular complexity index is 1210. The number of nitrogens with zero attached hydrogens (tertiary/aromatic N) is 2. The van der Waals surface area contributed by atoms with Crippen molar-refractivity contribution in [3.05, 3.63) is 97.1 Å². The number of hydrogen-bond donors (Lipinski definition) is 0. The molecule has 4 aromatic carbocycles. The lowest BCUT2D eigenvalue weighted by Crippen LogP contribution is -2.40. The molecule has 4 nitrogen and oxygen atoms in total. The van der Waals surface area contributed by atoms with E-state index in [0.29, 0.717) is 17.2 Å². The second kappa shape index (κ2) is 8.95. The molecule has 0 aliphatic carbocycles. The minimum absolute atomic E-state index is 0.268. The molecule has 0 saturated heterocycles. The molecule has 34 heavy (non-hydrogen) atoms. The minimum atomic E-state index is 0.268. The van der Waals surface area contributed by atoms with Gasteiger partial charge in [0.1, 0.15) is 11.5 Å². The molecule has 6 rings (SSSR count). The first-order valence-electron chi connectivity index (χ1n) is 11.4. The standard InChI is InChI=1S/C28H26N2O2P2/c1-31-23-17-9-15-21-25(23)33-27(29(21)19-11-5-3-6-12-19)28-30(20-13-7-4-8-14-20)22-16-10-18-24(32-2)26(22)34-28/h3-18,27-28,33-34H,1-2H3. The molecule has 4 atom stereocenters. The van der Waals surface area contributed by atoms with E-state index >= 15 is 0 Å². The quantitative estimate of drug-likeness (QED) is 0.326. The van der Waals surface area contributed by atoms with E-state index in [1.54, 1.807) is 14.2 Å². The number of anilines is 4. The smallest absolute Gasteiger partial charge is 0.128 e. The molecule has 0 saturated carbocycles. The van der Waals surface area contributed by atoms with Crippen LogP contribution in [0.25, 0.3) is 0 Å². The van der Waals surface area contributed by atoms with Crippen molar-refractivity contribution >= 4 is 50.5 Å². The van der Waals surface area contributed by atoms with Crippen LogP contribution in [-0.4, -0.2) is 25.8 Å². The summed E-state index contributed by atoms with van der Waals surface area (Å²) in [6.45, 7) is 0. The highest BCUT2D eigenvalue weighted by atomic mass is 31.1. The summed E-state index contributed by atoms with van der Waals surface area (Å²) in [7, 11) is 4.74. The maximum absolute atomic E-state index is 5.81. The summed E-state index contributed by atoms with van der Waals surface area (Å²) in [4.78, 5) is 5.06. The van der Waals surface area contributed by atoms with E-state index < -0.39 is 0 Å². The summed E-state index contributed by atoms with van der Waals surface area (Å²) in [6.07, 6.45) is 0. The predicted octanol–water partition coefficient (Wildman–Crippen LogP) is 5.97. The molecule has 2 aliphatic heterocycles. The highest BCUT2D eigenvalue weighted by Crippen LogP contribution is 2.55. The van der Waals surface area contributed by atoms with E-state index in [1.807, 2.05) is 0 Å². The van der Waals surface area contributed by atoms with Crippen molar-refractivity contribution in [1.82, 2.24) is 0 Å². The lowest BCUT2D eigenvalue weighted by atomic mass is 10.2. The third-order valence-corrected chi connectivity index (χ3v) is 10.1. The van der Waals surface area contributed by atoms with E-state index in [1.165, 1.54) is 33.4 Å². The van der Waals surface area contributed by atoms with Gasteiger partial charge in [0.25, 0.3) is 0 Å². The van der Waals surface area contributed by atoms with Crippen LogP contribution in [-0.2, 0) is 0 Å². The Kier molecular flexibility index (Phi) is 5.65. The average Bonchev–Trinajstić information content (AvgIpc) is 3.48. The Hall–Kier alpha value is -3.06. The van der Waals surface area contributed by atoms with E-state index in [9.17, 15) is 0 Å². The molecule has 4 unspecified atom stereocenters. The Morgan fingerprint density at radius 3 is 1.32 bits per heavy atom. The van der Waals surface area contributed by atoms with Gasteiger partial charge in [-0.2, -0.15) is 0 Å². The summed E-state index contributed by atoms with van der Waals surface area (Å²) in [5, 5.41) is 2.61. The van der Waals surface area contributed by atoms with Gasteiger partial charge in [-0.15, -0.1) is 0 Å². The van der Waals surface area contributed by atoms with Crippen LogP contribution in [0.5, 0.6) is 11.5 Å². The molecule has 0 radical (unpaired) electrons. The highest BCUT2D eigenvalue weighted by Gasteiger charge is 2.44. The largest absolute Gasteiger partial charge is 0.496 e. The molecule has 0 fully saturated rings. The minimum Gasteiger partial charge on any atom is -0.496 e. The summed E-state index contributed by atoms with van der Waals surface area (Å²) < 4.78 is 11.6. The Morgan fingerprint density at radius 1 is 0.529 bits per heavy atom. The summed E-state index contributed by atoms with van der Waals surface area (Å²) >= 11 is 0. The van der Waals surface area contributed by atoms with Crippen molar-refractivity contribution in [2.24, 2.45) is 0 Å². The normalized spacial score (nSPS) is 19.9. The predicted molar refractivity (Wildman–Crippen MR) is 147 cm³/mol. The van der Waals surface area contributed by atoms with Crippen molar-refractivity contribution in [1.29, 1.82) is 0 Å². The molecule has 4 aromatic rings. The number of rotatable bonds is 5. The zero-order valence-corrected chi connectivity index (χ0v) is 21.1. The molecule has 0 spiro atoms. The van der Waals surface area contributed by atoms with Gasteiger partial charge in [0.2, 0.25) is 0 Å². The van der Waals surface area contributed by atoms with Gasteiger partial charge in [-0.05, 0) is 48.5 Å². The van der Waals surface area contributed by atoms with E-state index in [0.717, 1.165) is 11.5 Å². The van der Waals surface area contributed by atoms with Crippen LogP contribution >= 0.6 is 17.2 Å². The van der Waals surface area contributed by atoms with Crippen molar-refractivity contribution in [2.45, 2.75) is 11.6 Å². The number of ether oxygens (including phenoxy) is 2. The lowest BCUT2D eigenvalue weighted by Gasteiger charge is -2.37. The Balaban J connectivity index is 1.52. The molecule has 2 aliphatic rings. The topological polar surface area (TPSA) is 24.9 Å². The van der Waals surface area contributed by atoms with Crippen LogP contribution in [0.15, 0.2) is 97.1 Å². The molecule has 0 bridgehead atoms. The first-order chi connectivity index (χ1) is 16.8. The maximum atomic E-state index is 5.81. The summed E-state index contributed by atoms with van der Waals surface area (Å²) in [5.41, 5.74) is 4.92. The lowest BCUT2D eigenvalue weighted by molar-refractivity contribution is 0.418. The van der Waals surface area contributed by atoms with Crippen LogP contribution in [0.2, 0.25) is 0 Å². The fraction of sp³-hybridized carbons (Fsp3) is 0.143. The van der Waals surface area contributed by atoms with Gasteiger partial charge in [0.05, 0.1) is 37.2 Å². The molecular weight excluding hydrogens is 458 g/mol. The highest BCUT2D eigenvalue weighted by molar-refractivity contribution is 7.54. The van der Waals surface area contributed by atoms with E-state index in [4.69, 9.17) is 9.47 Å². The summed E-state index contributed by atoms with van der Waals surface area (Å²) in [6, 6.07) is 34.3. The van der Waals surface area contributed by atoms with Gasteiger partial charge in [0, 0.05) is 22.0 Å². The van der Waals surface area contributed by atoms with Crippen molar-refractivity contribution in [3.8, 4) is 11.5 Å². The first kappa shape index (κ1) is 21.5. The van der Waals surface area contributed by atoms with Crippen LogP contribution < -0.4 is 29.9 Å². The van der Waals surface area contributed by atoms with E-state index in [-0.39, 0.29) is 11.6 Å². The Morgan fingerprint density at radius 2 is 0.941 bits per heavy atom. The molecule has 0 amide bonds. The SMILES string of the molecule is COc1cccc2c1PC(C1Pc3c(OC)cccc3N1c1ccccc1)N2c1ccccc1. The number of hydrogen-bond acceptors (Lipinski definition) is 4. The summed E-state index contributed by atoms with van der Waals surface area (Å²) in [5.74, 6) is 2.48. The van der Waals surface area contributed by atoms with Gasteiger partial charge in [-0.3, -0.25) is 0 Å². The second-order valence-electron chi connectivity index (χ2n) is 8.30. The number of methoxy groups -OCH3 is 2. The molecular formula is C28H26N2O2P2. The average molecular weight is 484 g/mol. The zero-order valence-electron chi connectivity index (χ0n) is 19.1. The van der Waals surface area contributed by atoms with Gasteiger partial charge < -0.3 is 19.3 Å². The van der Waals surface area contributed by atoms with Crippen LogP contribution in [0.4, 0.5) is 22.7 Å². The van der Waals surface area contributed by atoms with Crippen LogP contribution in [0, 0.1) is 0 Å². The molecule has 0 N–H and O–H groups in total. The third kappa shape index (κ3) is 3.45. The van der Waals surface area contributed by atoms with Gasteiger partial charge in [0.15, 0.2) is 0 Å². The first-order valence-corrected chi connectivity index (χ1v) is 13.5. The molecule has 0 aromatic heterocycles. The van der Waals surface area contributed by atoms with Crippen molar-refractivity contribution < 1.29 is 9.47 Å². The second-order valence-corrected chi connectivity index (χ2v) is 11.1. The molecule has 170 valence electrons. The number of para-hydroxylation sites is 2. The fourth-order valence-electron chi connectivity index (χ4n) is 5.01.